The summed E-state index contributed by atoms with van der Waals surface area (Å²) >= 11 is 0. The largest absolute Gasteiger partial charge is 0.462 e. The summed E-state index contributed by atoms with van der Waals surface area (Å²) in [4.78, 5) is 38.0. The van der Waals surface area contributed by atoms with Gasteiger partial charge >= 0.3 is 17.9 Å². The molecule has 6 nitrogen and oxygen atoms in total. The predicted octanol–water partition coefficient (Wildman–Crippen LogP) is 17.9. The zero-order chi connectivity index (χ0) is 48.6. The second-order valence-corrected chi connectivity index (χ2v) is 17.1. The summed E-state index contributed by atoms with van der Waals surface area (Å²) in [6, 6.07) is 0. The van der Waals surface area contributed by atoms with E-state index in [1.807, 2.05) is 54.7 Å². The van der Waals surface area contributed by atoms with E-state index in [1.54, 1.807) is 0 Å². The van der Waals surface area contributed by atoms with E-state index in [0.29, 0.717) is 19.3 Å². The second kappa shape index (κ2) is 54.2. The Morgan fingerprint density at radius 3 is 1.15 bits per heavy atom. The Bertz CT molecular complexity index is 1480. The first-order valence-corrected chi connectivity index (χ1v) is 26.8. The molecule has 0 amide bonds. The standard InChI is InChI=1S/C61H96O6/c1-4-7-10-13-16-19-22-25-27-29-30-32-33-36-39-42-45-48-51-54-60(63)66-57-58(56-65-59(62)53-50-47-44-41-38-35-24-21-18-15-12-9-6-3)67-61(64)55-52-49-46-43-40-37-34-31-28-26-23-20-17-14-11-8-5-2/h7,9-10,12,15-16,18-19,21,24-28,34-35,37-38,41,43-44,46,58H,4-6,8,11,13-14,17,20,22-23,29-33,36,39-40,42,45,47-57H2,1-3H3/b10-7+,12-9+,18-15+,19-16+,24-21+,27-25+,28-26+,37-34+,38-35+,44-41+,46-43+. The SMILES string of the molecule is CC/C=C/C=C/C=C/C=C/C=C/CCCC(=O)OCC(COC(=O)CCCCCCCCCCC/C=C/C/C=C/C/C=C/CC)OC(=O)CCC/C=C/C/C=C/C/C=C/CCCCCCCC. The molecule has 1 unspecified atom stereocenters. The van der Waals surface area contributed by atoms with E-state index in [0.717, 1.165) is 77.0 Å². The summed E-state index contributed by atoms with van der Waals surface area (Å²) < 4.78 is 16.7. The molecule has 0 rings (SSSR count). The third-order valence-electron chi connectivity index (χ3n) is 10.7. The first-order chi connectivity index (χ1) is 33.0. The van der Waals surface area contributed by atoms with E-state index in [9.17, 15) is 14.4 Å². The van der Waals surface area contributed by atoms with Crippen LogP contribution in [0.3, 0.4) is 0 Å². The maximum absolute atomic E-state index is 12.8. The van der Waals surface area contributed by atoms with Crippen molar-refractivity contribution in [3.8, 4) is 0 Å². The molecule has 0 spiro atoms. The minimum Gasteiger partial charge on any atom is -0.462 e. The number of hydrogen-bond donors (Lipinski definition) is 0. The van der Waals surface area contributed by atoms with Crippen molar-refractivity contribution in [3.05, 3.63) is 134 Å². The average molecular weight is 925 g/mol. The maximum Gasteiger partial charge on any atom is 0.306 e. The number of rotatable bonds is 46. The Balaban J connectivity index is 4.55. The monoisotopic (exact) mass is 925 g/mol. The van der Waals surface area contributed by atoms with Gasteiger partial charge in [0.05, 0.1) is 0 Å². The van der Waals surface area contributed by atoms with Crippen LogP contribution in [0.2, 0.25) is 0 Å². The third-order valence-corrected chi connectivity index (χ3v) is 10.7. The number of allylic oxidation sites excluding steroid dienone is 22. The van der Waals surface area contributed by atoms with Gasteiger partial charge in [0.2, 0.25) is 0 Å². The minimum atomic E-state index is -0.840. The van der Waals surface area contributed by atoms with Crippen molar-refractivity contribution in [2.75, 3.05) is 13.2 Å². The van der Waals surface area contributed by atoms with Gasteiger partial charge in [-0.3, -0.25) is 14.4 Å². The number of ether oxygens (including phenoxy) is 3. The van der Waals surface area contributed by atoms with Crippen LogP contribution < -0.4 is 0 Å². The van der Waals surface area contributed by atoms with E-state index in [-0.39, 0.29) is 44.0 Å². The van der Waals surface area contributed by atoms with Crippen LogP contribution in [0.5, 0.6) is 0 Å². The first kappa shape index (κ1) is 62.5. The molecule has 0 aromatic heterocycles. The van der Waals surface area contributed by atoms with Crippen LogP contribution in [0.4, 0.5) is 0 Å². The Kier molecular flexibility index (Phi) is 50.6. The number of esters is 3. The van der Waals surface area contributed by atoms with Gasteiger partial charge in [0.15, 0.2) is 6.10 Å². The number of carbonyl (C=O) groups is 3. The van der Waals surface area contributed by atoms with E-state index in [1.165, 1.54) is 83.5 Å². The lowest BCUT2D eigenvalue weighted by Gasteiger charge is -2.18. The van der Waals surface area contributed by atoms with Gasteiger partial charge in [0.25, 0.3) is 0 Å². The van der Waals surface area contributed by atoms with Gasteiger partial charge in [-0.05, 0) is 96.3 Å². The lowest BCUT2D eigenvalue weighted by atomic mass is 10.1. The highest BCUT2D eigenvalue weighted by Crippen LogP contribution is 2.13. The zero-order valence-corrected chi connectivity index (χ0v) is 42.9. The molecule has 0 heterocycles. The van der Waals surface area contributed by atoms with Crippen LogP contribution in [-0.4, -0.2) is 37.2 Å². The van der Waals surface area contributed by atoms with Crippen molar-refractivity contribution in [1.82, 2.24) is 0 Å². The number of carbonyl (C=O) groups excluding carboxylic acids is 3. The summed E-state index contributed by atoms with van der Waals surface area (Å²) in [6.07, 6.45) is 76.0. The molecule has 376 valence electrons. The minimum absolute atomic E-state index is 0.128. The molecule has 0 saturated carbocycles. The number of unbranched alkanes of at least 4 members (excludes halogenated alkanes) is 17. The summed E-state index contributed by atoms with van der Waals surface area (Å²) in [7, 11) is 0. The molecule has 0 bridgehead atoms. The first-order valence-electron chi connectivity index (χ1n) is 26.8. The highest BCUT2D eigenvalue weighted by Gasteiger charge is 2.19. The molecule has 0 N–H and O–H groups in total. The molecular weight excluding hydrogens is 829 g/mol. The Morgan fingerprint density at radius 2 is 0.672 bits per heavy atom. The van der Waals surface area contributed by atoms with Crippen LogP contribution in [-0.2, 0) is 28.6 Å². The smallest absolute Gasteiger partial charge is 0.306 e. The van der Waals surface area contributed by atoms with Crippen molar-refractivity contribution in [2.24, 2.45) is 0 Å². The molecule has 0 aliphatic carbocycles. The maximum atomic E-state index is 12.8. The Hall–Kier alpha value is -4.45. The highest BCUT2D eigenvalue weighted by molar-refractivity contribution is 5.71. The summed E-state index contributed by atoms with van der Waals surface area (Å²) in [5.41, 5.74) is 0. The normalized spacial score (nSPS) is 13.2. The van der Waals surface area contributed by atoms with Gasteiger partial charge < -0.3 is 14.2 Å². The van der Waals surface area contributed by atoms with Crippen molar-refractivity contribution in [3.63, 3.8) is 0 Å². The summed E-state index contributed by atoms with van der Waals surface area (Å²) in [5.74, 6) is -1.07. The molecule has 0 aliphatic rings. The highest BCUT2D eigenvalue weighted by atomic mass is 16.6. The molecule has 0 aromatic carbocycles. The fourth-order valence-corrected chi connectivity index (χ4v) is 6.80. The molecular formula is C61H96O6. The second-order valence-electron chi connectivity index (χ2n) is 17.1. The zero-order valence-electron chi connectivity index (χ0n) is 42.9. The van der Waals surface area contributed by atoms with E-state index < -0.39 is 6.10 Å². The average Bonchev–Trinajstić information content (AvgIpc) is 3.33. The van der Waals surface area contributed by atoms with Crippen LogP contribution >= 0.6 is 0 Å². The molecule has 67 heavy (non-hydrogen) atoms. The van der Waals surface area contributed by atoms with Gasteiger partial charge in [0.1, 0.15) is 13.2 Å². The third kappa shape index (κ3) is 52.4. The van der Waals surface area contributed by atoms with Gasteiger partial charge in [-0.15, -0.1) is 0 Å². The van der Waals surface area contributed by atoms with Crippen molar-refractivity contribution < 1.29 is 28.6 Å². The topological polar surface area (TPSA) is 78.9 Å². The molecule has 0 fully saturated rings. The lowest BCUT2D eigenvalue weighted by molar-refractivity contribution is -0.167. The molecule has 0 aromatic rings. The van der Waals surface area contributed by atoms with E-state index in [4.69, 9.17) is 14.2 Å². The summed E-state index contributed by atoms with van der Waals surface area (Å²) in [5, 5.41) is 0. The van der Waals surface area contributed by atoms with Gasteiger partial charge in [-0.2, -0.15) is 0 Å². The Labute approximate surface area is 411 Å². The fraction of sp³-hybridized carbons (Fsp3) is 0.590. The van der Waals surface area contributed by atoms with E-state index in [2.05, 4.69) is 99.8 Å². The molecule has 6 heteroatoms. The van der Waals surface area contributed by atoms with Crippen molar-refractivity contribution >= 4 is 17.9 Å². The quantitative estimate of drug-likeness (QED) is 0.0199. The molecule has 0 aliphatic heterocycles. The predicted molar refractivity (Wildman–Crippen MR) is 288 cm³/mol. The molecule has 1 atom stereocenters. The molecule has 0 radical (unpaired) electrons. The summed E-state index contributed by atoms with van der Waals surface area (Å²) in [6.45, 7) is 6.25. The van der Waals surface area contributed by atoms with Gasteiger partial charge in [0, 0.05) is 19.3 Å². The van der Waals surface area contributed by atoms with Gasteiger partial charge in [-0.1, -0.05) is 231 Å². The van der Waals surface area contributed by atoms with Crippen LogP contribution in [0.15, 0.2) is 134 Å². The number of hydrogen-bond acceptors (Lipinski definition) is 6. The van der Waals surface area contributed by atoms with Crippen molar-refractivity contribution in [2.45, 2.75) is 219 Å². The van der Waals surface area contributed by atoms with Crippen LogP contribution in [0.1, 0.15) is 213 Å². The molecule has 0 saturated heterocycles. The van der Waals surface area contributed by atoms with Crippen LogP contribution in [0.25, 0.3) is 0 Å². The fourth-order valence-electron chi connectivity index (χ4n) is 6.80. The van der Waals surface area contributed by atoms with E-state index >= 15 is 0 Å². The van der Waals surface area contributed by atoms with Crippen molar-refractivity contribution in [1.29, 1.82) is 0 Å². The van der Waals surface area contributed by atoms with Gasteiger partial charge in [-0.25, -0.2) is 0 Å². The Morgan fingerprint density at radius 1 is 0.328 bits per heavy atom. The van der Waals surface area contributed by atoms with Crippen LogP contribution in [0, 0.1) is 0 Å². The lowest BCUT2D eigenvalue weighted by Crippen LogP contribution is -2.30.